The van der Waals surface area contributed by atoms with Crippen molar-refractivity contribution < 1.29 is 23.7 Å². The van der Waals surface area contributed by atoms with Crippen LogP contribution in [0.2, 0.25) is 0 Å². The number of allylic oxidation sites excluding steroid dienone is 1. The van der Waals surface area contributed by atoms with Gasteiger partial charge in [-0.05, 0) is 48.4 Å². The molecular weight excluding hydrogens is 346 g/mol. The van der Waals surface area contributed by atoms with Crippen LogP contribution in [-0.2, 0) is 0 Å². The fourth-order valence-electron chi connectivity index (χ4n) is 2.99. The van der Waals surface area contributed by atoms with E-state index in [1.807, 2.05) is 25.1 Å². The number of hydrogen-bond donors (Lipinski definition) is 1. The topological polar surface area (TPSA) is 80.0 Å². The molecular formula is C21H23NO5. The zero-order valence-electron chi connectivity index (χ0n) is 15.7. The number of methoxy groups -OCH3 is 2. The van der Waals surface area contributed by atoms with E-state index in [1.54, 1.807) is 25.3 Å². The third kappa shape index (κ3) is 3.84. The lowest BCUT2D eigenvalue weighted by Crippen LogP contribution is -2.05. The standard InChI is InChI=1S/C21H23NO5/c1-4-5-14(20(23)15-6-7-16(22)17(11-15)24-2)8-13-9-18(25-3)21-19(10-13)26-12-27-21/h6-11H,4-5,12,22H2,1-3H3/b14-8+. The second-order valence-corrected chi connectivity index (χ2v) is 6.16. The molecule has 3 rings (SSSR count). The minimum atomic E-state index is -0.0632. The van der Waals surface area contributed by atoms with Gasteiger partial charge in [0.25, 0.3) is 0 Å². The molecule has 0 saturated heterocycles. The van der Waals surface area contributed by atoms with Crippen molar-refractivity contribution in [2.45, 2.75) is 19.8 Å². The maximum Gasteiger partial charge on any atom is 0.231 e. The summed E-state index contributed by atoms with van der Waals surface area (Å²) in [6.07, 6.45) is 3.34. The van der Waals surface area contributed by atoms with Crippen molar-refractivity contribution in [2.75, 3.05) is 26.7 Å². The van der Waals surface area contributed by atoms with Gasteiger partial charge in [-0.15, -0.1) is 0 Å². The smallest absolute Gasteiger partial charge is 0.231 e. The Kier molecular flexibility index (Phi) is 5.54. The molecule has 0 amide bonds. The molecule has 0 radical (unpaired) electrons. The summed E-state index contributed by atoms with van der Waals surface area (Å²) in [4.78, 5) is 13.1. The Morgan fingerprint density at radius 1 is 1.15 bits per heavy atom. The van der Waals surface area contributed by atoms with Crippen LogP contribution in [0.4, 0.5) is 5.69 Å². The lowest BCUT2D eigenvalue weighted by molar-refractivity contribution is 0.103. The average molecular weight is 369 g/mol. The Morgan fingerprint density at radius 2 is 1.93 bits per heavy atom. The molecule has 0 spiro atoms. The van der Waals surface area contributed by atoms with E-state index >= 15 is 0 Å². The summed E-state index contributed by atoms with van der Waals surface area (Å²) in [6.45, 7) is 2.19. The molecule has 0 fully saturated rings. The number of Topliss-reactive ketones (excluding diaryl/α,β-unsaturated/α-hetero) is 1. The average Bonchev–Trinajstić information content (AvgIpc) is 3.15. The normalized spacial score (nSPS) is 12.8. The summed E-state index contributed by atoms with van der Waals surface area (Å²) in [5, 5.41) is 0. The van der Waals surface area contributed by atoms with Crippen molar-refractivity contribution in [2.24, 2.45) is 0 Å². The Bertz CT molecular complexity index is 888. The van der Waals surface area contributed by atoms with Crippen molar-refractivity contribution in [3.8, 4) is 23.0 Å². The predicted octanol–water partition coefficient (Wildman–Crippen LogP) is 4.08. The summed E-state index contributed by atoms with van der Waals surface area (Å²) in [7, 11) is 3.10. The first-order valence-corrected chi connectivity index (χ1v) is 8.73. The van der Waals surface area contributed by atoms with E-state index in [4.69, 9.17) is 24.7 Å². The van der Waals surface area contributed by atoms with Gasteiger partial charge in [-0.2, -0.15) is 0 Å². The Labute approximate surface area is 158 Å². The molecule has 142 valence electrons. The number of fused-ring (bicyclic) bond motifs is 1. The van der Waals surface area contributed by atoms with Crippen LogP contribution in [0.25, 0.3) is 6.08 Å². The summed E-state index contributed by atoms with van der Waals surface area (Å²) in [5.74, 6) is 2.20. The summed E-state index contributed by atoms with van der Waals surface area (Å²) >= 11 is 0. The molecule has 2 aromatic carbocycles. The molecule has 0 aliphatic carbocycles. The highest BCUT2D eigenvalue weighted by atomic mass is 16.7. The van der Waals surface area contributed by atoms with Gasteiger partial charge in [0.15, 0.2) is 17.3 Å². The second-order valence-electron chi connectivity index (χ2n) is 6.16. The lowest BCUT2D eigenvalue weighted by atomic mass is 9.97. The molecule has 2 aromatic rings. The Hall–Kier alpha value is -3.15. The molecule has 1 heterocycles. The van der Waals surface area contributed by atoms with Crippen molar-refractivity contribution in [3.63, 3.8) is 0 Å². The fourth-order valence-corrected chi connectivity index (χ4v) is 2.99. The molecule has 0 aromatic heterocycles. The van der Waals surface area contributed by atoms with E-state index in [9.17, 15) is 4.79 Å². The third-order valence-corrected chi connectivity index (χ3v) is 4.33. The first kappa shape index (κ1) is 18.6. The van der Waals surface area contributed by atoms with Crippen LogP contribution in [-0.4, -0.2) is 26.8 Å². The minimum absolute atomic E-state index is 0.0632. The highest BCUT2D eigenvalue weighted by Crippen LogP contribution is 2.42. The van der Waals surface area contributed by atoms with Crippen LogP contribution in [0.3, 0.4) is 0 Å². The number of nitrogen functional groups attached to an aromatic ring is 1. The molecule has 1 aliphatic rings. The molecule has 0 unspecified atom stereocenters. The van der Waals surface area contributed by atoms with E-state index in [2.05, 4.69) is 0 Å². The van der Waals surface area contributed by atoms with E-state index in [1.165, 1.54) is 7.11 Å². The molecule has 6 heteroatoms. The first-order valence-electron chi connectivity index (χ1n) is 8.73. The molecule has 6 nitrogen and oxygen atoms in total. The van der Waals surface area contributed by atoms with Crippen molar-refractivity contribution in [3.05, 3.63) is 47.0 Å². The Balaban J connectivity index is 1.99. The molecule has 27 heavy (non-hydrogen) atoms. The van der Waals surface area contributed by atoms with Gasteiger partial charge in [0.05, 0.1) is 19.9 Å². The number of ketones is 1. The summed E-state index contributed by atoms with van der Waals surface area (Å²) < 4.78 is 21.5. The van der Waals surface area contributed by atoms with Crippen LogP contribution in [0.5, 0.6) is 23.0 Å². The lowest BCUT2D eigenvalue weighted by Gasteiger charge is -2.10. The van der Waals surface area contributed by atoms with E-state index in [0.29, 0.717) is 46.2 Å². The van der Waals surface area contributed by atoms with E-state index in [0.717, 1.165) is 12.0 Å². The largest absolute Gasteiger partial charge is 0.495 e. The highest BCUT2D eigenvalue weighted by Gasteiger charge is 2.20. The maximum absolute atomic E-state index is 13.1. The molecule has 1 aliphatic heterocycles. The molecule has 0 saturated carbocycles. The zero-order chi connectivity index (χ0) is 19.4. The van der Waals surface area contributed by atoms with Gasteiger partial charge in [0.2, 0.25) is 12.5 Å². The summed E-state index contributed by atoms with van der Waals surface area (Å²) in [5.41, 5.74) is 8.38. The number of carbonyl (C=O) groups excluding carboxylic acids is 1. The van der Waals surface area contributed by atoms with E-state index < -0.39 is 0 Å². The number of rotatable bonds is 7. The van der Waals surface area contributed by atoms with Crippen LogP contribution in [0, 0.1) is 0 Å². The van der Waals surface area contributed by atoms with Gasteiger partial charge >= 0.3 is 0 Å². The number of carbonyl (C=O) groups is 1. The van der Waals surface area contributed by atoms with Crippen molar-refractivity contribution in [1.82, 2.24) is 0 Å². The maximum atomic E-state index is 13.1. The van der Waals surface area contributed by atoms with Gasteiger partial charge in [0.1, 0.15) is 5.75 Å². The van der Waals surface area contributed by atoms with Crippen molar-refractivity contribution >= 4 is 17.5 Å². The molecule has 2 N–H and O–H groups in total. The van der Waals surface area contributed by atoms with Crippen molar-refractivity contribution in [1.29, 1.82) is 0 Å². The molecule has 0 atom stereocenters. The van der Waals surface area contributed by atoms with Crippen LogP contribution in [0.1, 0.15) is 35.7 Å². The number of nitrogens with two attached hydrogens (primary N) is 1. The number of benzene rings is 2. The predicted molar refractivity (Wildman–Crippen MR) is 104 cm³/mol. The number of anilines is 1. The fraction of sp³-hybridized carbons (Fsp3) is 0.286. The number of ether oxygens (including phenoxy) is 4. The second kappa shape index (κ2) is 8.03. The number of hydrogen-bond acceptors (Lipinski definition) is 6. The third-order valence-electron chi connectivity index (χ3n) is 4.33. The van der Waals surface area contributed by atoms with Crippen LogP contribution >= 0.6 is 0 Å². The zero-order valence-corrected chi connectivity index (χ0v) is 15.7. The SMILES string of the molecule is CCC/C(=C\c1cc(OC)c2c(c1)OCO2)C(=O)c1ccc(N)c(OC)c1. The first-order chi connectivity index (χ1) is 13.1. The minimum Gasteiger partial charge on any atom is -0.495 e. The van der Waals surface area contributed by atoms with Gasteiger partial charge in [-0.3, -0.25) is 4.79 Å². The Morgan fingerprint density at radius 3 is 2.63 bits per heavy atom. The van der Waals surface area contributed by atoms with Crippen LogP contribution < -0.4 is 24.7 Å². The quantitative estimate of drug-likeness (QED) is 0.450. The monoisotopic (exact) mass is 369 g/mol. The van der Waals surface area contributed by atoms with Gasteiger partial charge in [-0.25, -0.2) is 0 Å². The van der Waals surface area contributed by atoms with Crippen LogP contribution in [0.15, 0.2) is 35.9 Å². The van der Waals surface area contributed by atoms with Gasteiger partial charge in [0, 0.05) is 11.1 Å². The highest BCUT2D eigenvalue weighted by molar-refractivity contribution is 6.11. The van der Waals surface area contributed by atoms with Gasteiger partial charge < -0.3 is 24.7 Å². The molecule has 0 bridgehead atoms. The van der Waals surface area contributed by atoms with Gasteiger partial charge in [-0.1, -0.05) is 13.3 Å². The van der Waals surface area contributed by atoms with E-state index in [-0.39, 0.29) is 12.6 Å². The summed E-state index contributed by atoms with van der Waals surface area (Å²) in [6, 6.07) is 8.74.